The third-order valence-electron chi connectivity index (χ3n) is 4.40. The van der Waals surface area contributed by atoms with Crippen molar-refractivity contribution in [2.45, 2.75) is 26.0 Å². The maximum absolute atomic E-state index is 13.2. The maximum atomic E-state index is 13.2. The first kappa shape index (κ1) is 18.7. The Hall–Kier alpha value is -3.09. The molecule has 6 nitrogen and oxygen atoms in total. The van der Waals surface area contributed by atoms with E-state index in [1.807, 2.05) is 6.92 Å². The number of rotatable bonds is 6. The zero-order valence-corrected chi connectivity index (χ0v) is 15.1. The van der Waals surface area contributed by atoms with E-state index in [0.29, 0.717) is 23.6 Å². The average Bonchev–Trinajstić information content (AvgIpc) is 2.98. The Bertz CT molecular complexity index is 856. The number of nitrogens with one attached hydrogen (secondary N) is 2. The van der Waals surface area contributed by atoms with Crippen LogP contribution in [0.2, 0.25) is 0 Å². The Morgan fingerprint density at radius 1 is 1.30 bits per heavy atom. The lowest BCUT2D eigenvalue weighted by Gasteiger charge is -2.17. The van der Waals surface area contributed by atoms with Crippen molar-refractivity contribution < 1.29 is 23.5 Å². The number of carbonyl (C=O) groups is 2. The van der Waals surface area contributed by atoms with Crippen LogP contribution in [0, 0.1) is 11.7 Å². The van der Waals surface area contributed by atoms with E-state index in [2.05, 4.69) is 10.6 Å². The molecule has 1 saturated heterocycles. The minimum Gasteiger partial charge on any atom is -0.495 e. The smallest absolute Gasteiger partial charge is 0.247 e. The first-order chi connectivity index (χ1) is 13.0. The highest BCUT2D eigenvalue weighted by Gasteiger charge is 2.34. The van der Waals surface area contributed by atoms with Crippen LogP contribution in [0.15, 0.2) is 42.5 Å². The van der Waals surface area contributed by atoms with Crippen molar-refractivity contribution in [2.24, 2.45) is 5.92 Å². The van der Waals surface area contributed by atoms with Crippen molar-refractivity contribution in [3.05, 3.63) is 53.8 Å². The summed E-state index contributed by atoms with van der Waals surface area (Å²) in [5.41, 5.74) is 1.26. The van der Waals surface area contributed by atoms with Crippen LogP contribution in [-0.4, -0.2) is 25.0 Å². The van der Waals surface area contributed by atoms with Gasteiger partial charge in [-0.3, -0.25) is 9.59 Å². The summed E-state index contributed by atoms with van der Waals surface area (Å²) < 4.78 is 24.1. The lowest BCUT2D eigenvalue weighted by molar-refractivity contribution is -0.123. The second kappa shape index (κ2) is 8.07. The zero-order valence-electron chi connectivity index (χ0n) is 15.1. The third-order valence-corrected chi connectivity index (χ3v) is 4.40. The molecular formula is C20H21FN2O4. The van der Waals surface area contributed by atoms with Crippen LogP contribution in [-0.2, 0) is 16.2 Å². The summed E-state index contributed by atoms with van der Waals surface area (Å²) in [5.74, 6) is 0.0290. The van der Waals surface area contributed by atoms with Gasteiger partial charge in [0.1, 0.15) is 30.0 Å². The van der Waals surface area contributed by atoms with Crippen LogP contribution >= 0.6 is 0 Å². The number of ether oxygens (including phenoxy) is 2. The Kier molecular flexibility index (Phi) is 5.59. The number of anilines is 1. The molecule has 1 aliphatic heterocycles. The third kappa shape index (κ3) is 4.55. The van der Waals surface area contributed by atoms with Crippen LogP contribution in [0.1, 0.15) is 18.9 Å². The van der Waals surface area contributed by atoms with Gasteiger partial charge in [0.15, 0.2) is 0 Å². The molecule has 2 amide bonds. The van der Waals surface area contributed by atoms with E-state index in [9.17, 15) is 14.0 Å². The maximum Gasteiger partial charge on any atom is 0.247 e. The van der Waals surface area contributed by atoms with Crippen molar-refractivity contribution in [3.63, 3.8) is 0 Å². The first-order valence-electron chi connectivity index (χ1n) is 8.62. The number of hydrogen-bond acceptors (Lipinski definition) is 4. The van der Waals surface area contributed by atoms with Crippen LogP contribution in [0.5, 0.6) is 11.5 Å². The molecule has 0 radical (unpaired) electrons. The van der Waals surface area contributed by atoms with Gasteiger partial charge in [0.25, 0.3) is 0 Å². The molecule has 2 aromatic carbocycles. The molecule has 27 heavy (non-hydrogen) atoms. The first-order valence-corrected chi connectivity index (χ1v) is 8.62. The van der Waals surface area contributed by atoms with Crippen LogP contribution in [0.25, 0.3) is 0 Å². The molecule has 1 heterocycles. The number of amides is 2. The largest absolute Gasteiger partial charge is 0.495 e. The summed E-state index contributed by atoms with van der Waals surface area (Å²) in [6.07, 6.45) is 0.330. The zero-order chi connectivity index (χ0) is 19.4. The predicted octanol–water partition coefficient (Wildman–Crippen LogP) is 2.88. The number of hydrogen-bond donors (Lipinski definition) is 2. The van der Waals surface area contributed by atoms with Gasteiger partial charge < -0.3 is 20.1 Å². The molecule has 7 heteroatoms. The SMILES string of the molecule is COc1ccc(COc2cccc(F)c2)cc1NC(=O)C1NC(=O)CC1C. The van der Waals surface area contributed by atoms with Gasteiger partial charge in [-0.25, -0.2) is 4.39 Å². The van der Waals surface area contributed by atoms with Gasteiger partial charge in [-0.1, -0.05) is 19.1 Å². The molecule has 2 aromatic rings. The number of halogens is 1. The fourth-order valence-corrected chi connectivity index (χ4v) is 2.99. The van der Waals surface area contributed by atoms with E-state index in [0.717, 1.165) is 5.56 Å². The summed E-state index contributed by atoms with van der Waals surface area (Å²) >= 11 is 0. The molecule has 2 atom stereocenters. The van der Waals surface area contributed by atoms with Gasteiger partial charge in [-0.15, -0.1) is 0 Å². The van der Waals surface area contributed by atoms with Gasteiger partial charge >= 0.3 is 0 Å². The molecular weight excluding hydrogens is 351 g/mol. The molecule has 0 aromatic heterocycles. The fraction of sp³-hybridized carbons (Fsp3) is 0.300. The van der Waals surface area contributed by atoms with E-state index in [1.54, 1.807) is 30.3 Å². The van der Waals surface area contributed by atoms with E-state index in [1.165, 1.54) is 19.2 Å². The topological polar surface area (TPSA) is 76.7 Å². The van der Waals surface area contributed by atoms with Crippen molar-refractivity contribution in [2.75, 3.05) is 12.4 Å². The van der Waals surface area contributed by atoms with Crippen molar-refractivity contribution >= 4 is 17.5 Å². The molecule has 0 saturated carbocycles. The normalized spacial score (nSPS) is 18.7. The van der Waals surface area contributed by atoms with E-state index in [4.69, 9.17) is 9.47 Å². The quantitative estimate of drug-likeness (QED) is 0.818. The molecule has 1 fully saturated rings. The van der Waals surface area contributed by atoms with Gasteiger partial charge in [0.05, 0.1) is 12.8 Å². The Morgan fingerprint density at radius 2 is 2.11 bits per heavy atom. The van der Waals surface area contributed by atoms with E-state index < -0.39 is 6.04 Å². The molecule has 0 aliphatic carbocycles. The van der Waals surface area contributed by atoms with Crippen molar-refractivity contribution in [1.29, 1.82) is 0 Å². The van der Waals surface area contributed by atoms with Crippen molar-refractivity contribution in [3.8, 4) is 11.5 Å². The fourth-order valence-electron chi connectivity index (χ4n) is 2.99. The highest BCUT2D eigenvalue weighted by atomic mass is 19.1. The van der Waals surface area contributed by atoms with Crippen LogP contribution in [0.3, 0.4) is 0 Å². The molecule has 1 aliphatic rings. The number of carbonyl (C=O) groups excluding carboxylic acids is 2. The molecule has 0 spiro atoms. The standard InChI is InChI=1S/C20H21FN2O4/c1-12-8-18(24)23-19(12)20(25)22-16-9-13(6-7-17(16)26-2)11-27-15-5-3-4-14(21)10-15/h3-7,9-10,12,19H,8,11H2,1-2H3,(H,22,25)(H,23,24). The molecule has 142 valence electrons. The van der Waals surface area contributed by atoms with Gasteiger partial charge in [0.2, 0.25) is 11.8 Å². The van der Waals surface area contributed by atoms with Crippen LogP contribution < -0.4 is 20.1 Å². The summed E-state index contributed by atoms with van der Waals surface area (Å²) in [4.78, 5) is 24.0. The number of benzene rings is 2. The minimum atomic E-state index is -0.575. The van der Waals surface area contributed by atoms with E-state index in [-0.39, 0.29) is 30.2 Å². The second-order valence-corrected chi connectivity index (χ2v) is 6.50. The highest BCUT2D eigenvalue weighted by molar-refractivity contribution is 6.00. The molecule has 2 N–H and O–H groups in total. The summed E-state index contributed by atoms with van der Waals surface area (Å²) in [6, 6.07) is 10.6. The molecule has 2 unspecified atom stereocenters. The summed E-state index contributed by atoms with van der Waals surface area (Å²) in [7, 11) is 1.51. The minimum absolute atomic E-state index is 0.0806. The summed E-state index contributed by atoms with van der Waals surface area (Å²) in [5, 5.41) is 5.48. The van der Waals surface area contributed by atoms with Crippen LogP contribution in [0.4, 0.5) is 10.1 Å². The summed E-state index contributed by atoms with van der Waals surface area (Å²) in [6.45, 7) is 2.05. The lowest BCUT2D eigenvalue weighted by Crippen LogP contribution is -2.40. The van der Waals surface area contributed by atoms with E-state index >= 15 is 0 Å². The Labute approximate surface area is 156 Å². The Morgan fingerprint density at radius 3 is 2.78 bits per heavy atom. The lowest BCUT2D eigenvalue weighted by atomic mass is 10.0. The second-order valence-electron chi connectivity index (χ2n) is 6.50. The van der Waals surface area contributed by atoms with Gasteiger partial charge in [0, 0.05) is 12.5 Å². The average molecular weight is 372 g/mol. The number of methoxy groups -OCH3 is 1. The molecule has 3 rings (SSSR count). The Balaban J connectivity index is 1.71. The van der Waals surface area contributed by atoms with Gasteiger partial charge in [-0.2, -0.15) is 0 Å². The van der Waals surface area contributed by atoms with Gasteiger partial charge in [-0.05, 0) is 35.7 Å². The highest BCUT2D eigenvalue weighted by Crippen LogP contribution is 2.27. The predicted molar refractivity (Wildman–Crippen MR) is 98.1 cm³/mol. The molecule has 0 bridgehead atoms. The monoisotopic (exact) mass is 372 g/mol. The van der Waals surface area contributed by atoms with Crippen molar-refractivity contribution in [1.82, 2.24) is 5.32 Å².